The monoisotopic (exact) mass is 246 g/mol. The second-order valence-corrected chi connectivity index (χ2v) is 4.24. The standard InChI is InChI=1S/C13H18N4O/c1-4-7-9-8-14-11-12(15-9)17(13(18)16-11)10(5-2)6-3/h4,7-8,10H,5-6H2,1-3H3,(H,14,16,18). The molecule has 0 bridgehead atoms. The first kappa shape index (κ1) is 12.5. The molecule has 2 heterocycles. The maximum Gasteiger partial charge on any atom is 0.329 e. The highest BCUT2D eigenvalue weighted by Crippen LogP contribution is 2.17. The highest BCUT2D eigenvalue weighted by atomic mass is 16.1. The summed E-state index contributed by atoms with van der Waals surface area (Å²) in [7, 11) is 0. The summed E-state index contributed by atoms with van der Waals surface area (Å²) in [6.45, 7) is 6.07. The zero-order chi connectivity index (χ0) is 13.1. The van der Waals surface area contributed by atoms with Crippen molar-refractivity contribution in [1.82, 2.24) is 19.5 Å². The number of aromatic amines is 1. The molecule has 18 heavy (non-hydrogen) atoms. The average molecular weight is 246 g/mol. The zero-order valence-corrected chi connectivity index (χ0v) is 11.0. The summed E-state index contributed by atoms with van der Waals surface area (Å²) in [6, 6.07) is 0.168. The van der Waals surface area contributed by atoms with E-state index in [-0.39, 0.29) is 11.7 Å². The molecule has 5 nitrogen and oxygen atoms in total. The molecule has 0 saturated carbocycles. The van der Waals surface area contributed by atoms with E-state index in [1.54, 1.807) is 10.8 Å². The molecule has 2 rings (SSSR count). The molecule has 0 radical (unpaired) electrons. The van der Waals surface area contributed by atoms with Crippen molar-refractivity contribution in [1.29, 1.82) is 0 Å². The molecule has 0 fully saturated rings. The van der Waals surface area contributed by atoms with Gasteiger partial charge in [0.2, 0.25) is 0 Å². The van der Waals surface area contributed by atoms with Crippen LogP contribution in [-0.2, 0) is 0 Å². The lowest BCUT2D eigenvalue weighted by molar-refractivity contribution is 0.469. The van der Waals surface area contributed by atoms with Gasteiger partial charge in [-0.1, -0.05) is 19.9 Å². The van der Waals surface area contributed by atoms with Crippen molar-refractivity contribution >= 4 is 17.4 Å². The van der Waals surface area contributed by atoms with Crippen LogP contribution in [-0.4, -0.2) is 19.5 Å². The Morgan fingerprint density at radius 3 is 2.78 bits per heavy atom. The molecule has 96 valence electrons. The minimum Gasteiger partial charge on any atom is -0.289 e. The molecule has 0 aromatic carbocycles. The van der Waals surface area contributed by atoms with Gasteiger partial charge in [0.15, 0.2) is 11.3 Å². The Morgan fingerprint density at radius 1 is 1.44 bits per heavy atom. The van der Waals surface area contributed by atoms with Gasteiger partial charge in [-0.2, -0.15) is 0 Å². The summed E-state index contributed by atoms with van der Waals surface area (Å²) < 4.78 is 1.72. The van der Waals surface area contributed by atoms with E-state index in [0.717, 1.165) is 18.5 Å². The minimum atomic E-state index is -0.128. The van der Waals surface area contributed by atoms with E-state index in [1.807, 2.05) is 19.1 Å². The smallest absolute Gasteiger partial charge is 0.289 e. The third kappa shape index (κ3) is 2.08. The predicted molar refractivity (Wildman–Crippen MR) is 72.5 cm³/mol. The van der Waals surface area contributed by atoms with Gasteiger partial charge in [0.25, 0.3) is 0 Å². The molecule has 2 aromatic rings. The van der Waals surface area contributed by atoms with Crippen molar-refractivity contribution in [3.63, 3.8) is 0 Å². The third-order valence-electron chi connectivity index (χ3n) is 3.09. The molecule has 2 aromatic heterocycles. The molecule has 0 aliphatic heterocycles. The van der Waals surface area contributed by atoms with Crippen LogP contribution in [0.1, 0.15) is 45.3 Å². The molecule has 0 amide bonds. The number of aromatic nitrogens is 4. The lowest BCUT2D eigenvalue weighted by atomic mass is 10.2. The van der Waals surface area contributed by atoms with Crippen LogP contribution < -0.4 is 5.69 Å². The summed E-state index contributed by atoms with van der Waals surface area (Å²) in [5.41, 5.74) is 1.84. The second-order valence-electron chi connectivity index (χ2n) is 4.24. The maximum atomic E-state index is 12.0. The fraction of sp³-hybridized carbons (Fsp3) is 0.462. The number of hydrogen-bond donors (Lipinski definition) is 1. The van der Waals surface area contributed by atoms with Crippen molar-refractivity contribution in [3.8, 4) is 0 Å². The van der Waals surface area contributed by atoms with Gasteiger partial charge in [0, 0.05) is 6.04 Å². The van der Waals surface area contributed by atoms with Crippen LogP contribution in [0.2, 0.25) is 0 Å². The first-order valence-corrected chi connectivity index (χ1v) is 6.31. The van der Waals surface area contributed by atoms with Crippen molar-refractivity contribution < 1.29 is 0 Å². The fourth-order valence-corrected chi connectivity index (χ4v) is 2.15. The lowest BCUT2D eigenvalue weighted by Crippen LogP contribution is -2.21. The molecular weight excluding hydrogens is 228 g/mol. The Kier molecular flexibility index (Phi) is 3.60. The van der Waals surface area contributed by atoms with Gasteiger partial charge in [0.05, 0.1) is 11.9 Å². The third-order valence-corrected chi connectivity index (χ3v) is 3.09. The first-order chi connectivity index (χ1) is 8.71. The number of fused-ring (bicyclic) bond motifs is 1. The quantitative estimate of drug-likeness (QED) is 0.901. The highest BCUT2D eigenvalue weighted by Gasteiger charge is 2.15. The second kappa shape index (κ2) is 5.16. The molecule has 0 aliphatic rings. The number of rotatable bonds is 4. The minimum absolute atomic E-state index is 0.128. The molecule has 0 unspecified atom stereocenters. The normalized spacial score (nSPS) is 12.0. The van der Waals surface area contributed by atoms with Crippen LogP contribution in [0, 0.1) is 0 Å². The molecule has 5 heteroatoms. The summed E-state index contributed by atoms with van der Waals surface area (Å²) in [4.78, 5) is 23.5. The summed E-state index contributed by atoms with van der Waals surface area (Å²) in [6.07, 6.45) is 7.25. The topological polar surface area (TPSA) is 63.6 Å². The van der Waals surface area contributed by atoms with Crippen molar-refractivity contribution in [2.24, 2.45) is 0 Å². The van der Waals surface area contributed by atoms with Crippen LogP contribution in [0.5, 0.6) is 0 Å². The number of imidazole rings is 1. The molecular formula is C13H18N4O. The summed E-state index contributed by atoms with van der Waals surface area (Å²) in [5.74, 6) is 0. The molecule has 0 aliphatic carbocycles. The van der Waals surface area contributed by atoms with Gasteiger partial charge in [-0.15, -0.1) is 0 Å². The fourth-order valence-electron chi connectivity index (χ4n) is 2.15. The van der Waals surface area contributed by atoms with Gasteiger partial charge in [-0.25, -0.2) is 14.8 Å². The summed E-state index contributed by atoms with van der Waals surface area (Å²) >= 11 is 0. The Labute approximate surface area is 106 Å². The number of nitrogens with zero attached hydrogens (tertiary/aromatic N) is 3. The molecule has 0 atom stereocenters. The SMILES string of the molecule is CC=Cc1cnc2[nH]c(=O)n(C(CC)CC)c2n1. The van der Waals surface area contributed by atoms with Gasteiger partial charge in [0.1, 0.15) is 0 Å². The predicted octanol–water partition coefficient (Wildman–Crippen LogP) is 2.51. The number of H-pyrrole nitrogens is 1. The van der Waals surface area contributed by atoms with Crippen LogP contribution in [0.25, 0.3) is 17.4 Å². The van der Waals surface area contributed by atoms with Crippen LogP contribution in [0.15, 0.2) is 17.1 Å². The van der Waals surface area contributed by atoms with E-state index in [2.05, 4.69) is 28.8 Å². The number of allylic oxidation sites excluding steroid dienone is 1. The Balaban J connectivity index is 2.67. The summed E-state index contributed by atoms with van der Waals surface area (Å²) in [5, 5.41) is 0. The van der Waals surface area contributed by atoms with Gasteiger partial charge < -0.3 is 0 Å². The van der Waals surface area contributed by atoms with Gasteiger partial charge in [-0.05, 0) is 25.8 Å². The first-order valence-electron chi connectivity index (χ1n) is 6.31. The maximum absolute atomic E-state index is 12.0. The van der Waals surface area contributed by atoms with Crippen molar-refractivity contribution in [2.75, 3.05) is 0 Å². The highest BCUT2D eigenvalue weighted by molar-refractivity contribution is 5.67. The van der Waals surface area contributed by atoms with Crippen LogP contribution >= 0.6 is 0 Å². The van der Waals surface area contributed by atoms with Gasteiger partial charge >= 0.3 is 5.69 Å². The molecule has 0 saturated heterocycles. The van der Waals surface area contributed by atoms with E-state index in [9.17, 15) is 4.79 Å². The Morgan fingerprint density at radius 2 is 2.17 bits per heavy atom. The molecule has 1 N–H and O–H groups in total. The van der Waals surface area contributed by atoms with E-state index in [1.165, 1.54) is 0 Å². The zero-order valence-electron chi connectivity index (χ0n) is 11.0. The lowest BCUT2D eigenvalue weighted by Gasteiger charge is -2.13. The average Bonchev–Trinajstić information content (AvgIpc) is 2.68. The van der Waals surface area contributed by atoms with E-state index in [0.29, 0.717) is 11.3 Å². The van der Waals surface area contributed by atoms with Crippen molar-refractivity contribution in [2.45, 2.75) is 39.7 Å². The molecule has 0 spiro atoms. The number of hydrogen-bond acceptors (Lipinski definition) is 3. The van der Waals surface area contributed by atoms with E-state index in [4.69, 9.17) is 0 Å². The Bertz CT molecular complexity index is 619. The van der Waals surface area contributed by atoms with Crippen LogP contribution in [0.4, 0.5) is 0 Å². The van der Waals surface area contributed by atoms with Crippen LogP contribution in [0.3, 0.4) is 0 Å². The number of nitrogens with one attached hydrogen (secondary N) is 1. The van der Waals surface area contributed by atoms with E-state index < -0.39 is 0 Å². The Hall–Kier alpha value is -1.91. The van der Waals surface area contributed by atoms with E-state index >= 15 is 0 Å². The largest absolute Gasteiger partial charge is 0.329 e. The van der Waals surface area contributed by atoms with Crippen molar-refractivity contribution in [3.05, 3.63) is 28.5 Å². The van der Waals surface area contributed by atoms with Gasteiger partial charge in [-0.3, -0.25) is 9.55 Å².